The van der Waals surface area contributed by atoms with Gasteiger partial charge in [0.2, 0.25) is 0 Å². The molecule has 3 heteroatoms. The molecule has 1 N–H and O–H groups in total. The zero-order valence-corrected chi connectivity index (χ0v) is 8.78. The molecule has 0 aromatic rings. The van der Waals surface area contributed by atoms with Crippen molar-refractivity contribution in [1.29, 1.82) is 0 Å². The summed E-state index contributed by atoms with van der Waals surface area (Å²) < 4.78 is 0. The van der Waals surface area contributed by atoms with Crippen LogP contribution in [0, 0.1) is 5.92 Å². The normalized spacial score (nSPS) is 31.6. The number of rotatable bonds is 5. The van der Waals surface area contributed by atoms with Crippen LogP contribution >= 0.6 is 0 Å². The van der Waals surface area contributed by atoms with Crippen LogP contribution in [0.3, 0.4) is 0 Å². The monoisotopic (exact) mass is 197 g/mol. The van der Waals surface area contributed by atoms with E-state index in [0.717, 1.165) is 25.8 Å². The van der Waals surface area contributed by atoms with E-state index >= 15 is 0 Å². The fourth-order valence-corrected chi connectivity index (χ4v) is 2.45. The summed E-state index contributed by atoms with van der Waals surface area (Å²) in [4.78, 5) is 13.4. The van der Waals surface area contributed by atoms with Crippen LogP contribution in [0.2, 0.25) is 0 Å². The Labute approximate surface area is 85.1 Å². The van der Waals surface area contributed by atoms with Gasteiger partial charge in [0.05, 0.1) is 5.92 Å². The molecule has 2 atom stereocenters. The van der Waals surface area contributed by atoms with Crippen molar-refractivity contribution in [2.75, 3.05) is 6.54 Å². The lowest BCUT2D eigenvalue weighted by atomic mass is 9.78. The Morgan fingerprint density at radius 2 is 2.07 bits per heavy atom. The average Bonchev–Trinajstić information content (AvgIpc) is 2.82. The minimum atomic E-state index is -0.594. The summed E-state index contributed by atoms with van der Waals surface area (Å²) in [6.45, 7) is 3.25. The fourth-order valence-electron chi connectivity index (χ4n) is 2.45. The van der Waals surface area contributed by atoms with Crippen molar-refractivity contribution in [2.24, 2.45) is 5.92 Å². The molecule has 0 radical (unpaired) electrons. The van der Waals surface area contributed by atoms with E-state index in [1.54, 1.807) is 0 Å². The maximum atomic E-state index is 10.9. The molecule has 2 aliphatic carbocycles. The van der Waals surface area contributed by atoms with Crippen LogP contribution in [0.4, 0.5) is 0 Å². The summed E-state index contributed by atoms with van der Waals surface area (Å²) in [5.41, 5.74) is 0. The summed E-state index contributed by atoms with van der Waals surface area (Å²) in [7, 11) is 0. The van der Waals surface area contributed by atoms with Gasteiger partial charge >= 0.3 is 5.97 Å². The number of carboxylic acids is 1. The van der Waals surface area contributed by atoms with Gasteiger partial charge in [0.15, 0.2) is 0 Å². The van der Waals surface area contributed by atoms with Crippen LogP contribution < -0.4 is 0 Å². The lowest BCUT2D eigenvalue weighted by molar-refractivity contribution is -0.149. The highest BCUT2D eigenvalue weighted by Gasteiger charge is 2.44. The van der Waals surface area contributed by atoms with E-state index in [2.05, 4.69) is 11.8 Å². The third-order valence-electron chi connectivity index (χ3n) is 3.48. The van der Waals surface area contributed by atoms with Crippen molar-refractivity contribution in [3.05, 3.63) is 0 Å². The van der Waals surface area contributed by atoms with Crippen molar-refractivity contribution in [1.82, 2.24) is 4.90 Å². The molecular weight excluding hydrogens is 178 g/mol. The molecule has 0 aliphatic heterocycles. The van der Waals surface area contributed by atoms with Crippen LogP contribution in [0.15, 0.2) is 0 Å². The van der Waals surface area contributed by atoms with Crippen molar-refractivity contribution in [3.8, 4) is 0 Å². The fraction of sp³-hybridized carbons (Fsp3) is 0.909. The Balaban J connectivity index is 1.93. The molecule has 14 heavy (non-hydrogen) atoms. The molecular formula is C11H19NO2. The third-order valence-corrected chi connectivity index (χ3v) is 3.48. The van der Waals surface area contributed by atoms with Gasteiger partial charge in [0, 0.05) is 12.1 Å². The molecule has 80 valence electrons. The number of carboxylic acid groups (broad SMARTS) is 1. The smallest absolute Gasteiger partial charge is 0.308 e. The minimum Gasteiger partial charge on any atom is -0.481 e. The quantitative estimate of drug-likeness (QED) is 0.729. The van der Waals surface area contributed by atoms with E-state index in [1.807, 2.05) is 0 Å². The van der Waals surface area contributed by atoms with Crippen LogP contribution in [0.1, 0.15) is 39.0 Å². The second-order valence-corrected chi connectivity index (χ2v) is 4.56. The van der Waals surface area contributed by atoms with Gasteiger partial charge in [-0.2, -0.15) is 0 Å². The van der Waals surface area contributed by atoms with E-state index in [4.69, 9.17) is 5.11 Å². The molecule has 2 fully saturated rings. The van der Waals surface area contributed by atoms with E-state index in [-0.39, 0.29) is 5.92 Å². The first kappa shape index (κ1) is 9.97. The Hall–Kier alpha value is -0.570. The Kier molecular flexibility index (Phi) is 2.77. The van der Waals surface area contributed by atoms with Gasteiger partial charge in [-0.05, 0) is 38.6 Å². The first-order valence-corrected chi connectivity index (χ1v) is 5.72. The van der Waals surface area contributed by atoms with Gasteiger partial charge in [-0.1, -0.05) is 6.92 Å². The first-order chi connectivity index (χ1) is 6.74. The van der Waals surface area contributed by atoms with Crippen LogP contribution in [0.5, 0.6) is 0 Å². The molecule has 0 bridgehead atoms. The standard InChI is InChI=1S/C11H19NO2/c1-2-7-12(8-3-4-8)10-6-5-9(10)11(13)14/h8-10H,2-7H2,1H3,(H,13,14). The highest BCUT2D eigenvalue weighted by atomic mass is 16.4. The second kappa shape index (κ2) is 3.89. The summed E-state index contributed by atoms with van der Waals surface area (Å²) in [5.74, 6) is -0.676. The zero-order valence-electron chi connectivity index (χ0n) is 8.78. The van der Waals surface area contributed by atoms with Gasteiger partial charge in [0.1, 0.15) is 0 Å². The average molecular weight is 197 g/mol. The molecule has 0 heterocycles. The Bertz CT molecular complexity index is 225. The van der Waals surface area contributed by atoms with Gasteiger partial charge in [0.25, 0.3) is 0 Å². The van der Waals surface area contributed by atoms with Gasteiger partial charge in [-0.15, -0.1) is 0 Å². The minimum absolute atomic E-state index is 0.0813. The summed E-state index contributed by atoms with van der Waals surface area (Å²) in [5, 5.41) is 9.00. The van der Waals surface area contributed by atoms with Crippen LogP contribution in [-0.2, 0) is 4.79 Å². The Morgan fingerprint density at radius 3 is 2.43 bits per heavy atom. The molecule has 0 saturated heterocycles. The van der Waals surface area contributed by atoms with Gasteiger partial charge in [-0.3, -0.25) is 9.69 Å². The van der Waals surface area contributed by atoms with Gasteiger partial charge in [-0.25, -0.2) is 0 Å². The van der Waals surface area contributed by atoms with E-state index in [9.17, 15) is 4.79 Å². The molecule has 0 aromatic heterocycles. The lowest BCUT2D eigenvalue weighted by Gasteiger charge is -2.42. The largest absolute Gasteiger partial charge is 0.481 e. The molecule has 0 aromatic carbocycles. The topological polar surface area (TPSA) is 40.5 Å². The first-order valence-electron chi connectivity index (χ1n) is 5.72. The molecule has 0 amide bonds. The van der Waals surface area contributed by atoms with Crippen molar-refractivity contribution >= 4 is 5.97 Å². The molecule has 2 aliphatic rings. The van der Waals surface area contributed by atoms with Crippen molar-refractivity contribution in [3.63, 3.8) is 0 Å². The van der Waals surface area contributed by atoms with Gasteiger partial charge < -0.3 is 5.11 Å². The Morgan fingerprint density at radius 1 is 1.36 bits per heavy atom. The number of carbonyl (C=O) groups is 1. The molecule has 0 spiro atoms. The maximum Gasteiger partial charge on any atom is 0.308 e. The van der Waals surface area contributed by atoms with Crippen molar-refractivity contribution < 1.29 is 9.90 Å². The predicted octanol–water partition coefficient (Wildman–Crippen LogP) is 1.72. The summed E-state index contributed by atoms with van der Waals surface area (Å²) >= 11 is 0. The zero-order chi connectivity index (χ0) is 10.1. The molecule has 2 unspecified atom stereocenters. The lowest BCUT2D eigenvalue weighted by Crippen LogP contribution is -2.51. The number of hydrogen-bond acceptors (Lipinski definition) is 2. The summed E-state index contributed by atoms with van der Waals surface area (Å²) in [6.07, 6.45) is 5.67. The summed E-state index contributed by atoms with van der Waals surface area (Å²) in [6, 6.07) is 1.06. The number of aliphatic carboxylic acids is 1. The van der Waals surface area contributed by atoms with Crippen LogP contribution in [-0.4, -0.2) is 34.6 Å². The van der Waals surface area contributed by atoms with Crippen LogP contribution in [0.25, 0.3) is 0 Å². The number of nitrogens with zero attached hydrogens (tertiary/aromatic N) is 1. The predicted molar refractivity (Wildman–Crippen MR) is 54.2 cm³/mol. The van der Waals surface area contributed by atoms with E-state index in [1.165, 1.54) is 12.8 Å². The molecule has 3 nitrogen and oxygen atoms in total. The maximum absolute atomic E-state index is 10.9. The molecule has 2 saturated carbocycles. The second-order valence-electron chi connectivity index (χ2n) is 4.56. The van der Waals surface area contributed by atoms with Crippen molar-refractivity contribution in [2.45, 2.75) is 51.1 Å². The highest BCUT2D eigenvalue weighted by Crippen LogP contribution is 2.39. The van der Waals surface area contributed by atoms with E-state index < -0.39 is 5.97 Å². The van der Waals surface area contributed by atoms with E-state index in [0.29, 0.717) is 12.1 Å². The SMILES string of the molecule is CCCN(C1CC1)C1CCC1C(=O)O. The molecule has 2 rings (SSSR count). The highest BCUT2D eigenvalue weighted by molar-refractivity contribution is 5.72. The third kappa shape index (κ3) is 1.78. The number of hydrogen-bond donors (Lipinski definition) is 1.